The van der Waals surface area contributed by atoms with Gasteiger partial charge in [-0.05, 0) is 42.8 Å². The van der Waals surface area contributed by atoms with Gasteiger partial charge in [-0.15, -0.1) is 0 Å². The molecule has 0 aliphatic heterocycles. The van der Waals surface area contributed by atoms with E-state index < -0.39 is 41.5 Å². The third-order valence-corrected chi connectivity index (χ3v) is 5.22. The molecular formula is C23H16F6N4O2. The van der Waals surface area contributed by atoms with E-state index in [1.807, 2.05) is 0 Å². The van der Waals surface area contributed by atoms with E-state index in [0.717, 1.165) is 10.7 Å². The molecule has 0 spiro atoms. The van der Waals surface area contributed by atoms with Crippen molar-refractivity contribution in [3.05, 3.63) is 89.2 Å². The number of anilines is 1. The number of hydrogen-bond acceptors (Lipinski definition) is 4. The highest BCUT2D eigenvalue weighted by molar-refractivity contribution is 6.04. The minimum atomic E-state index is -5.00. The van der Waals surface area contributed by atoms with E-state index in [1.54, 1.807) is 18.2 Å². The Morgan fingerprint density at radius 1 is 1.03 bits per heavy atom. The van der Waals surface area contributed by atoms with Crippen molar-refractivity contribution in [2.24, 2.45) is 0 Å². The molecule has 3 heterocycles. The van der Waals surface area contributed by atoms with E-state index in [2.05, 4.69) is 15.4 Å². The monoisotopic (exact) mass is 494 g/mol. The lowest BCUT2D eigenvalue weighted by Gasteiger charge is -2.16. The van der Waals surface area contributed by atoms with Crippen molar-refractivity contribution in [3.63, 3.8) is 0 Å². The molecule has 1 aromatic carbocycles. The van der Waals surface area contributed by atoms with Crippen LogP contribution in [0.1, 0.15) is 32.7 Å². The second kappa shape index (κ2) is 8.93. The smallest absolute Gasteiger partial charge is 0.416 e. The molecule has 0 fully saturated rings. The van der Waals surface area contributed by atoms with Crippen molar-refractivity contribution in [2.75, 3.05) is 5.32 Å². The average Bonchev–Trinajstić information content (AvgIpc) is 3.44. The minimum Gasteiger partial charge on any atom is -0.464 e. The lowest BCUT2D eigenvalue weighted by molar-refractivity contribution is -0.143. The van der Waals surface area contributed by atoms with Gasteiger partial charge in [-0.3, -0.25) is 14.5 Å². The van der Waals surface area contributed by atoms with E-state index in [9.17, 15) is 31.1 Å². The highest BCUT2D eigenvalue weighted by Crippen LogP contribution is 2.37. The van der Waals surface area contributed by atoms with Crippen LogP contribution in [0.15, 0.2) is 65.7 Å². The predicted octanol–water partition coefficient (Wildman–Crippen LogP) is 6.18. The Bertz CT molecular complexity index is 1360. The second-order valence-corrected chi connectivity index (χ2v) is 7.56. The summed E-state index contributed by atoms with van der Waals surface area (Å²) in [5, 5.41) is 6.61. The maximum atomic E-state index is 13.5. The zero-order chi connectivity index (χ0) is 25.4. The Kier molecular flexibility index (Phi) is 6.14. The molecular weight excluding hydrogens is 478 g/mol. The van der Waals surface area contributed by atoms with Crippen molar-refractivity contribution < 1.29 is 35.6 Å². The second-order valence-electron chi connectivity index (χ2n) is 7.56. The molecule has 0 aliphatic carbocycles. The number of carbonyl (C=O) groups is 1. The average molecular weight is 494 g/mol. The number of pyridine rings is 1. The molecule has 1 amide bonds. The quantitative estimate of drug-likeness (QED) is 0.336. The van der Waals surface area contributed by atoms with Crippen LogP contribution in [0.5, 0.6) is 0 Å². The number of furan rings is 1. The van der Waals surface area contributed by atoms with Crippen molar-refractivity contribution in [1.82, 2.24) is 14.8 Å². The SMILES string of the molecule is Cc1c(NC(=O)c2cncc(-c3ccco3)c2)cnn1Cc1ccc(C(F)(F)F)cc1C(F)(F)F. The van der Waals surface area contributed by atoms with Gasteiger partial charge in [0.2, 0.25) is 0 Å². The standard InChI is InChI=1S/C23H16F6N4O2/c1-13-19(32-21(34)16-7-15(9-30-10-16)20-3-2-6-35-20)11-31-33(13)12-14-4-5-17(22(24,25)26)8-18(14)23(27,28)29/h2-11H,12H2,1H3,(H,32,34). The lowest BCUT2D eigenvalue weighted by Crippen LogP contribution is -2.16. The van der Waals surface area contributed by atoms with E-state index >= 15 is 0 Å². The molecule has 4 aromatic rings. The van der Waals surface area contributed by atoms with Crippen molar-refractivity contribution in [2.45, 2.75) is 25.8 Å². The van der Waals surface area contributed by atoms with Gasteiger partial charge < -0.3 is 9.73 Å². The summed E-state index contributed by atoms with van der Waals surface area (Å²) in [6.45, 7) is 1.06. The molecule has 6 nitrogen and oxygen atoms in total. The van der Waals surface area contributed by atoms with Crippen LogP contribution in [0.3, 0.4) is 0 Å². The van der Waals surface area contributed by atoms with Crippen LogP contribution in [-0.2, 0) is 18.9 Å². The minimum absolute atomic E-state index is 0.0792. The van der Waals surface area contributed by atoms with Gasteiger partial charge in [0.1, 0.15) is 5.76 Å². The number of halogens is 6. The molecule has 0 unspecified atom stereocenters. The Morgan fingerprint density at radius 2 is 1.80 bits per heavy atom. The summed E-state index contributed by atoms with van der Waals surface area (Å²) in [6, 6.07) is 6.38. The van der Waals surface area contributed by atoms with Gasteiger partial charge in [0, 0.05) is 18.0 Å². The molecule has 0 saturated carbocycles. The zero-order valence-electron chi connectivity index (χ0n) is 17.9. The largest absolute Gasteiger partial charge is 0.464 e. The van der Waals surface area contributed by atoms with Crippen molar-refractivity contribution in [3.8, 4) is 11.3 Å². The van der Waals surface area contributed by atoms with Gasteiger partial charge in [0.05, 0.1) is 47.1 Å². The number of rotatable bonds is 5. The topological polar surface area (TPSA) is 73.0 Å². The summed E-state index contributed by atoms with van der Waals surface area (Å²) in [5.41, 5.74) is -1.91. The van der Waals surface area contributed by atoms with Gasteiger partial charge in [-0.2, -0.15) is 31.4 Å². The maximum Gasteiger partial charge on any atom is 0.416 e. The van der Waals surface area contributed by atoms with Crippen LogP contribution in [0.25, 0.3) is 11.3 Å². The number of amides is 1. The number of aromatic nitrogens is 3. The first-order chi connectivity index (χ1) is 16.4. The summed E-state index contributed by atoms with van der Waals surface area (Å²) in [6.07, 6.45) is -4.35. The fourth-order valence-corrected chi connectivity index (χ4v) is 3.38. The molecule has 1 N–H and O–H groups in total. The van der Waals surface area contributed by atoms with Gasteiger partial charge in [-0.25, -0.2) is 0 Å². The Hall–Kier alpha value is -4.09. The van der Waals surface area contributed by atoms with E-state index in [0.29, 0.717) is 23.1 Å². The van der Waals surface area contributed by atoms with E-state index in [-0.39, 0.29) is 17.3 Å². The molecule has 0 bridgehead atoms. The number of benzene rings is 1. The summed E-state index contributed by atoms with van der Waals surface area (Å²) < 4.78 is 85.5. The highest BCUT2D eigenvalue weighted by Gasteiger charge is 2.38. The highest BCUT2D eigenvalue weighted by atomic mass is 19.4. The Morgan fingerprint density at radius 3 is 2.46 bits per heavy atom. The molecule has 0 saturated heterocycles. The van der Waals surface area contributed by atoms with E-state index in [1.165, 1.54) is 31.8 Å². The molecule has 35 heavy (non-hydrogen) atoms. The van der Waals surface area contributed by atoms with Gasteiger partial charge in [0.15, 0.2) is 0 Å². The zero-order valence-corrected chi connectivity index (χ0v) is 17.9. The van der Waals surface area contributed by atoms with Gasteiger partial charge in [-0.1, -0.05) is 6.07 Å². The third-order valence-electron chi connectivity index (χ3n) is 5.22. The Balaban J connectivity index is 1.56. The summed E-state index contributed by atoms with van der Waals surface area (Å²) >= 11 is 0. The third kappa shape index (κ3) is 5.20. The van der Waals surface area contributed by atoms with Crippen LogP contribution in [0.4, 0.5) is 32.0 Å². The van der Waals surface area contributed by atoms with Crippen LogP contribution >= 0.6 is 0 Å². The Labute approximate surface area is 194 Å². The summed E-state index contributed by atoms with van der Waals surface area (Å²) in [4.78, 5) is 16.7. The molecule has 4 rings (SSSR count). The number of nitrogens with one attached hydrogen (secondary N) is 1. The number of nitrogens with zero attached hydrogens (tertiary/aromatic N) is 3. The molecule has 0 aliphatic rings. The van der Waals surface area contributed by atoms with Crippen LogP contribution in [0, 0.1) is 6.92 Å². The fraction of sp³-hybridized carbons (Fsp3) is 0.174. The fourth-order valence-electron chi connectivity index (χ4n) is 3.38. The normalized spacial score (nSPS) is 12.1. The molecule has 3 aromatic heterocycles. The summed E-state index contributed by atoms with van der Waals surface area (Å²) in [5.74, 6) is -0.0350. The first-order valence-electron chi connectivity index (χ1n) is 10.0. The van der Waals surface area contributed by atoms with Gasteiger partial charge in [0.25, 0.3) is 5.91 Å². The molecule has 0 radical (unpaired) electrons. The summed E-state index contributed by atoms with van der Waals surface area (Å²) in [7, 11) is 0. The van der Waals surface area contributed by atoms with Crippen molar-refractivity contribution in [1.29, 1.82) is 0 Å². The maximum absolute atomic E-state index is 13.5. The van der Waals surface area contributed by atoms with E-state index in [4.69, 9.17) is 4.42 Å². The first kappa shape index (κ1) is 24.0. The van der Waals surface area contributed by atoms with Crippen LogP contribution in [0.2, 0.25) is 0 Å². The molecule has 182 valence electrons. The number of carbonyl (C=O) groups excluding carboxylic acids is 1. The molecule has 12 heteroatoms. The first-order valence-corrected chi connectivity index (χ1v) is 10.0. The van der Waals surface area contributed by atoms with Gasteiger partial charge >= 0.3 is 12.4 Å². The molecule has 0 atom stereocenters. The van der Waals surface area contributed by atoms with Crippen molar-refractivity contribution >= 4 is 11.6 Å². The van der Waals surface area contributed by atoms with Crippen LogP contribution in [-0.4, -0.2) is 20.7 Å². The predicted molar refractivity (Wildman–Crippen MR) is 112 cm³/mol. The number of alkyl halides is 6. The number of hydrogen-bond donors (Lipinski definition) is 1. The van der Waals surface area contributed by atoms with Crippen LogP contribution < -0.4 is 5.32 Å². The lowest BCUT2D eigenvalue weighted by atomic mass is 10.0.